The van der Waals surface area contributed by atoms with Crippen LogP contribution in [0.5, 0.6) is 0 Å². The van der Waals surface area contributed by atoms with Crippen molar-refractivity contribution in [3.8, 4) is 0 Å². The highest BCUT2D eigenvalue weighted by Gasteiger charge is 2.07. The van der Waals surface area contributed by atoms with Crippen molar-refractivity contribution in [3.63, 3.8) is 0 Å². The summed E-state index contributed by atoms with van der Waals surface area (Å²) >= 11 is 0. The van der Waals surface area contributed by atoms with Gasteiger partial charge < -0.3 is 10.6 Å². The molecule has 0 unspecified atom stereocenters. The second-order valence-electron chi connectivity index (χ2n) is 6.39. The van der Waals surface area contributed by atoms with E-state index in [1.54, 1.807) is 24.5 Å². The van der Waals surface area contributed by atoms with Crippen LogP contribution in [0.3, 0.4) is 0 Å². The van der Waals surface area contributed by atoms with Gasteiger partial charge in [-0.1, -0.05) is 31.2 Å². The van der Waals surface area contributed by atoms with Gasteiger partial charge in [0.05, 0.1) is 10.9 Å². The van der Waals surface area contributed by atoms with Crippen LogP contribution in [0.15, 0.2) is 67.0 Å². The molecule has 6 heteroatoms. The molecule has 140 valence electrons. The number of hydrogen-bond acceptors (Lipinski definition) is 5. The first-order valence-electron chi connectivity index (χ1n) is 9.18. The Bertz CT molecular complexity index is 1100. The van der Waals surface area contributed by atoms with Crippen LogP contribution in [-0.2, 0) is 13.0 Å². The van der Waals surface area contributed by atoms with Gasteiger partial charge in [-0.3, -0.25) is 0 Å². The summed E-state index contributed by atoms with van der Waals surface area (Å²) in [5, 5.41) is 7.28. The molecule has 0 spiro atoms. The number of nitrogens with zero attached hydrogens (tertiary/aromatic N) is 3. The minimum Gasteiger partial charge on any atom is -0.350 e. The highest BCUT2D eigenvalue weighted by atomic mass is 19.1. The summed E-state index contributed by atoms with van der Waals surface area (Å²) in [4.78, 5) is 13.4. The lowest BCUT2D eigenvalue weighted by Gasteiger charge is -2.11. The van der Waals surface area contributed by atoms with E-state index in [-0.39, 0.29) is 5.82 Å². The molecule has 2 N–H and O–H groups in total. The SMILES string of the molecule is CCc1ccccc1CNc1ncc2c(Nc3ccc(F)cc3)nccc2n1. The number of fused-ring (bicyclic) bond motifs is 1. The van der Waals surface area contributed by atoms with Crippen molar-refractivity contribution in [2.45, 2.75) is 19.9 Å². The zero-order chi connectivity index (χ0) is 19.3. The predicted molar refractivity (Wildman–Crippen MR) is 110 cm³/mol. The van der Waals surface area contributed by atoms with Crippen molar-refractivity contribution in [3.05, 3.63) is 83.9 Å². The third-order valence-corrected chi connectivity index (χ3v) is 4.55. The van der Waals surface area contributed by atoms with Crippen molar-refractivity contribution in [1.82, 2.24) is 15.0 Å². The monoisotopic (exact) mass is 373 g/mol. The minimum absolute atomic E-state index is 0.278. The number of nitrogens with one attached hydrogen (secondary N) is 2. The number of halogens is 1. The summed E-state index contributed by atoms with van der Waals surface area (Å²) in [6.45, 7) is 2.81. The smallest absolute Gasteiger partial charge is 0.223 e. The summed E-state index contributed by atoms with van der Waals surface area (Å²) in [6.07, 6.45) is 4.42. The zero-order valence-corrected chi connectivity index (χ0v) is 15.5. The summed E-state index contributed by atoms with van der Waals surface area (Å²) in [7, 11) is 0. The molecule has 0 aliphatic heterocycles. The van der Waals surface area contributed by atoms with Crippen LogP contribution in [-0.4, -0.2) is 15.0 Å². The van der Waals surface area contributed by atoms with E-state index >= 15 is 0 Å². The van der Waals surface area contributed by atoms with Gasteiger partial charge in [-0.25, -0.2) is 19.3 Å². The Morgan fingerprint density at radius 1 is 0.929 bits per heavy atom. The third-order valence-electron chi connectivity index (χ3n) is 4.55. The lowest BCUT2D eigenvalue weighted by Crippen LogP contribution is -2.06. The molecule has 0 amide bonds. The molecule has 0 saturated heterocycles. The number of aryl methyl sites for hydroxylation is 1. The van der Waals surface area contributed by atoms with E-state index in [0.717, 1.165) is 23.0 Å². The topological polar surface area (TPSA) is 62.7 Å². The number of rotatable bonds is 6. The van der Waals surface area contributed by atoms with E-state index in [0.29, 0.717) is 18.3 Å². The number of aromatic nitrogens is 3. The van der Waals surface area contributed by atoms with Gasteiger partial charge in [0, 0.05) is 24.6 Å². The Morgan fingerprint density at radius 2 is 1.71 bits per heavy atom. The normalized spacial score (nSPS) is 10.8. The summed E-state index contributed by atoms with van der Waals surface area (Å²) in [5.41, 5.74) is 4.08. The first kappa shape index (κ1) is 17.9. The Balaban J connectivity index is 1.55. The number of anilines is 3. The molecule has 0 fully saturated rings. The molecular weight excluding hydrogens is 353 g/mol. The molecule has 2 aromatic heterocycles. The van der Waals surface area contributed by atoms with Crippen LogP contribution >= 0.6 is 0 Å². The van der Waals surface area contributed by atoms with Gasteiger partial charge in [-0.2, -0.15) is 0 Å². The van der Waals surface area contributed by atoms with Gasteiger partial charge in [0.1, 0.15) is 11.6 Å². The van der Waals surface area contributed by atoms with E-state index in [1.165, 1.54) is 23.3 Å². The predicted octanol–water partition coefficient (Wildman–Crippen LogP) is 5.08. The molecule has 4 aromatic rings. The van der Waals surface area contributed by atoms with Crippen LogP contribution in [0.25, 0.3) is 10.9 Å². The maximum Gasteiger partial charge on any atom is 0.223 e. The Hall–Kier alpha value is -3.54. The molecule has 4 rings (SSSR count). The van der Waals surface area contributed by atoms with Crippen molar-refractivity contribution < 1.29 is 4.39 Å². The molecule has 2 heterocycles. The summed E-state index contributed by atoms with van der Waals surface area (Å²) in [6, 6.07) is 16.3. The van der Waals surface area contributed by atoms with Crippen LogP contribution in [0.2, 0.25) is 0 Å². The average molecular weight is 373 g/mol. The van der Waals surface area contributed by atoms with Gasteiger partial charge in [-0.05, 0) is 47.9 Å². The van der Waals surface area contributed by atoms with E-state index in [9.17, 15) is 4.39 Å². The lowest BCUT2D eigenvalue weighted by molar-refractivity contribution is 0.628. The second kappa shape index (κ2) is 8.00. The van der Waals surface area contributed by atoms with Gasteiger partial charge in [0.25, 0.3) is 0 Å². The zero-order valence-electron chi connectivity index (χ0n) is 15.5. The third kappa shape index (κ3) is 3.91. The first-order chi connectivity index (χ1) is 13.7. The fraction of sp³-hybridized carbons (Fsp3) is 0.136. The number of pyridine rings is 1. The van der Waals surface area contributed by atoms with Crippen molar-refractivity contribution in [1.29, 1.82) is 0 Å². The largest absolute Gasteiger partial charge is 0.350 e. The first-order valence-corrected chi connectivity index (χ1v) is 9.18. The Labute approximate surface area is 162 Å². The molecule has 0 atom stereocenters. The highest BCUT2D eigenvalue weighted by molar-refractivity contribution is 5.90. The molecule has 28 heavy (non-hydrogen) atoms. The summed E-state index contributed by atoms with van der Waals surface area (Å²) < 4.78 is 13.1. The fourth-order valence-electron chi connectivity index (χ4n) is 3.06. The van der Waals surface area contributed by atoms with Crippen molar-refractivity contribution >= 4 is 28.4 Å². The highest BCUT2D eigenvalue weighted by Crippen LogP contribution is 2.23. The van der Waals surface area contributed by atoms with Crippen molar-refractivity contribution in [2.75, 3.05) is 10.6 Å². The molecule has 0 aliphatic carbocycles. The molecule has 2 aromatic carbocycles. The van der Waals surface area contributed by atoms with Crippen molar-refractivity contribution in [2.24, 2.45) is 0 Å². The average Bonchev–Trinajstić information content (AvgIpc) is 2.74. The maximum atomic E-state index is 13.1. The second-order valence-corrected chi connectivity index (χ2v) is 6.39. The van der Waals surface area contributed by atoms with Gasteiger partial charge >= 0.3 is 0 Å². The number of benzene rings is 2. The molecule has 0 saturated carbocycles. The minimum atomic E-state index is -0.278. The fourth-order valence-corrected chi connectivity index (χ4v) is 3.06. The standard InChI is InChI=1S/C22H20FN5/c1-2-15-5-3-4-6-16(15)13-25-22-26-14-19-20(28-22)11-12-24-21(19)27-18-9-7-17(23)8-10-18/h3-12,14H,2,13H2,1H3,(H,24,27)(H,25,26,28). The summed E-state index contributed by atoms with van der Waals surface area (Å²) in [5.74, 6) is 0.921. The molecule has 0 radical (unpaired) electrons. The molecule has 0 aliphatic rings. The van der Waals surface area contributed by atoms with E-state index in [4.69, 9.17) is 0 Å². The number of hydrogen-bond donors (Lipinski definition) is 2. The quantitative estimate of drug-likeness (QED) is 0.493. The van der Waals surface area contributed by atoms with E-state index in [2.05, 4.69) is 50.7 Å². The van der Waals surface area contributed by atoms with Crippen LogP contribution < -0.4 is 10.6 Å². The van der Waals surface area contributed by atoms with Crippen LogP contribution in [0.4, 0.5) is 21.8 Å². The van der Waals surface area contributed by atoms with Gasteiger partial charge in [0.2, 0.25) is 5.95 Å². The maximum absolute atomic E-state index is 13.1. The van der Waals surface area contributed by atoms with Gasteiger partial charge in [-0.15, -0.1) is 0 Å². The van der Waals surface area contributed by atoms with E-state index in [1.807, 2.05) is 12.1 Å². The molecule has 0 bridgehead atoms. The lowest BCUT2D eigenvalue weighted by atomic mass is 10.1. The van der Waals surface area contributed by atoms with Crippen LogP contribution in [0, 0.1) is 5.82 Å². The Morgan fingerprint density at radius 3 is 2.50 bits per heavy atom. The molecule has 5 nitrogen and oxygen atoms in total. The van der Waals surface area contributed by atoms with Gasteiger partial charge in [0.15, 0.2) is 0 Å². The Kier molecular flexibility index (Phi) is 5.10. The van der Waals surface area contributed by atoms with E-state index < -0.39 is 0 Å². The molecular formula is C22H20FN5. The van der Waals surface area contributed by atoms with Crippen LogP contribution in [0.1, 0.15) is 18.1 Å².